The smallest absolute Gasteiger partial charge is 0.270 e. The van der Waals surface area contributed by atoms with E-state index in [1.165, 1.54) is 0 Å². The van der Waals surface area contributed by atoms with Crippen LogP contribution >= 0.6 is 0 Å². The molecule has 0 atom stereocenters. The second kappa shape index (κ2) is 7.13. The Hall–Kier alpha value is -2.21. The third kappa shape index (κ3) is 3.64. The molecule has 1 saturated carbocycles. The maximum absolute atomic E-state index is 12.6. The average molecular weight is 328 g/mol. The number of ether oxygens (including phenoxy) is 1. The van der Waals surface area contributed by atoms with Gasteiger partial charge in [-0.1, -0.05) is 0 Å². The Morgan fingerprint density at radius 1 is 1.29 bits per heavy atom. The van der Waals surface area contributed by atoms with Gasteiger partial charge >= 0.3 is 0 Å². The fourth-order valence-corrected chi connectivity index (χ4v) is 3.22. The molecular formula is C18H24N4O2. The summed E-state index contributed by atoms with van der Waals surface area (Å²) < 4.78 is 7.28. The van der Waals surface area contributed by atoms with Gasteiger partial charge in [-0.3, -0.25) is 4.79 Å². The molecule has 0 bridgehead atoms. The molecule has 1 aliphatic carbocycles. The minimum absolute atomic E-state index is 0.108. The minimum atomic E-state index is -0.108. The van der Waals surface area contributed by atoms with Crippen LogP contribution in [0.3, 0.4) is 0 Å². The van der Waals surface area contributed by atoms with E-state index in [1.807, 2.05) is 30.7 Å². The van der Waals surface area contributed by atoms with E-state index >= 15 is 0 Å². The highest BCUT2D eigenvalue weighted by Gasteiger charge is 2.23. The Bertz CT molecular complexity index is 718. The lowest BCUT2D eigenvalue weighted by Crippen LogP contribution is -2.39. The van der Waals surface area contributed by atoms with E-state index in [9.17, 15) is 4.79 Å². The van der Waals surface area contributed by atoms with Crippen molar-refractivity contribution in [1.82, 2.24) is 19.9 Å². The number of hydrogen-bond acceptors (Lipinski definition) is 4. The van der Waals surface area contributed by atoms with Gasteiger partial charge in [0.25, 0.3) is 5.91 Å². The monoisotopic (exact) mass is 328 g/mol. The van der Waals surface area contributed by atoms with Gasteiger partial charge in [-0.25, -0.2) is 9.97 Å². The Kier molecular flexibility index (Phi) is 4.94. The summed E-state index contributed by atoms with van der Waals surface area (Å²) >= 11 is 0. The van der Waals surface area contributed by atoms with E-state index in [-0.39, 0.29) is 11.9 Å². The number of carbonyl (C=O) groups is 1. The molecule has 2 heterocycles. The van der Waals surface area contributed by atoms with Crippen LogP contribution < -0.4 is 5.32 Å². The maximum atomic E-state index is 12.6. The van der Waals surface area contributed by atoms with Gasteiger partial charge in [-0.15, -0.1) is 0 Å². The van der Waals surface area contributed by atoms with Crippen molar-refractivity contribution in [3.05, 3.63) is 35.9 Å². The van der Waals surface area contributed by atoms with Gasteiger partial charge in [0.15, 0.2) is 0 Å². The molecule has 0 unspecified atom stereocenters. The van der Waals surface area contributed by atoms with Crippen molar-refractivity contribution in [2.24, 2.45) is 7.05 Å². The lowest BCUT2D eigenvalue weighted by molar-refractivity contribution is 0.0598. The van der Waals surface area contributed by atoms with Crippen LogP contribution in [0.2, 0.25) is 0 Å². The largest absolute Gasteiger partial charge is 0.381 e. The highest BCUT2D eigenvalue weighted by molar-refractivity contribution is 5.93. The van der Waals surface area contributed by atoms with Crippen molar-refractivity contribution in [2.75, 3.05) is 7.11 Å². The van der Waals surface area contributed by atoms with Gasteiger partial charge in [0.2, 0.25) is 0 Å². The topological polar surface area (TPSA) is 69.0 Å². The van der Waals surface area contributed by atoms with Crippen LogP contribution in [0.15, 0.2) is 24.7 Å². The zero-order chi connectivity index (χ0) is 17.1. The summed E-state index contributed by atoms with van der Waals surface area (Å²) in [6.45, 7) is 1.97. The SMILES string of the molecule is CO[C@H]1CC[C@H](NC(=O)c2cc(C)cc(-c3cncn3C)n2)CC1. The number of nitrogens with one attached hydrogen (secondary N) is 1. The number of rotatable bonds is 4. The number of aryl methyl sites for hydroxylation is 2. The number of hydrogen-bond donors (Lipinski definition) is 1. The van der Waals surface area contributed by atoms with Crippen LogP contribution in [-0.2, 0) is 11.8 Å². The number of amides is 1. The van der Waals surface area contributed by atoms with Crippen LogP contribution in [0.1, 0.15) is 41.7 Å². The van der Waals surface area contributed by atoms with Crippen molar-refractivity contribution in [3.8, 4) is 11.4 Å². The summed E-state index contributed by atoms with van der Waals surface area (Å²) in [6, 6.07) is 4.00. The van der Waals surface area contributed by atoms with Gasteiger partial charge in [-0.2, -0.15) is 0 Å². The first-order chi connectivity index (χ1) is 11.6. The van der Waals surface area contributed by atoms with Crippen molar-refractivity contribution >= 4 is 5.91 Å². The van der Waals surface area contributed by atoms with Crippen LogP contribution in [0, 0.1) is 6.92 Å². The first-order valence-corrected chi connectivity index (χ1v) is 8.36. The third-order valence-electron chi connectivity index (χ3n) is 4.62. The molecule has 1 N–H and O–H groups in total. The highest BCUT2D eigenvalue weighted by Crippen LogP contribution is 2.22. The molecule has 1 aliphatic rings. The molecule has 6 heteroatoms. The van der Waals surface area contributed by atoms with Crippen molar-refractivity contribution in [2.45, 2.75) is 44.8 Å². The molecule has 2 aromatic heterocycles. The second-order valence-electron chi connectivity index (χ2n) is 6.49. The van der Waals surface area contributed by atoms with Gasteiger partial charge < -0.3 is 14.6 Å². The predicted octanol–water partition coefficient (Wildman–Crippen LogP) is 2.48. The van der Waals surface area contributed by atoms with E-state index in [1.54, 1.807) is 19.6 Å². The van der Waals surface area contributed by atoms with Crippen molar-refractivity contribution in [3.63, 3.8) is 0 Å². The molecule has 0 radical (unpaired) electrons. The molecule has 0 aliphatic heterocycles. The normalized spacial score (nSPS) is 20.8. The minimum Gasteiger partial charge on any atom is -0.381 e. The molecular weight excluding hydrogens is 304 g/mol. The van der Waals surface area contributed by atoms with Gasteiger partial charge in [0.1, 0.15) is 5.69 Å². The molecule has 128 valence electrons. The van der Waals surface area contributed by atoms with Crippen LogP contribution in [0.4, 0.5) is 0 Å². The summed E-state index contributed by atoms with van der Waals surface area (Å²) in [5, 5.41) is 3.11. The Morgan fingerprint density at radius 2 is 2.04 bits per heavy atom. The van der Waals surface area contributed by atoms with Crippen molar-refractivity contribution < 1.29 is 9.53 Å². The lowest BCUT2D eigenvalue weighted by Gasteiger charge is -2.28. The summed E-state index contributed by atoms with van der Waals surface area (Å²) in [7, 11) is 3.67. The summed E-state index contributed by atoms with van der Waals surface area (Å²) in [5.74, 6) is -0.108. The van der Waals surface area contributed by atoms with Crippen LogP contribution in [0.25, 0.3) is 11.4 Å². The van der Waals surface area contributed by atoms with E-state index < -0.39 is 0 Å². The number of methoxy groups -OCH3 is 1. The first-order valence-electron chi connectivity index (χ1n) is 8.36. The molecule has 6 nitrogen and oxygen atoms in total. The van der Waals surface area contributed by atoms with E-state index in [4.69, 9.17) is 4.74 Å². The predicted molar refractivity (Wildman–Crippen MR) is 91.7 cm³/mol. The fraction of sp³-hybridized carbons (Fsp3) is 0.500. The molecule has 3 rings (SSSR count). The zero-order valence-corrected chi connectivity index (χ0v) is 14.5. The number of pyridine rings is 1. The number of imidazole rings is 1. The number of nitrogens with zero attached hydrogens (tertiary/aromatic N) is 3. The van der Waals surface area contributed by atoms with E-state index in [2.05, 4.69) is 15.3 Å². The lowest BCUT2D eigenvalue weighted by atomic mass is 9.93. The quantitative estimate of drug-likeness (QED) is 0.936. The fourth-order valence-electron chi connectivity index (χ4n) is 3.22. The molecule has 0 saturated heterocycles. The zero-order valence-electron chi connectivity index (χ0n) is 14.5. The van der Waals surface area contributed by atoms with E-state index in [0.717, 1.165) is 42.6 Å². The molecule has 24 heavy (non-hydrogen) atoms. The Morgan fingerprint density at radius 3 is 2.67 bits per heavy atom. The summed E-state index contributed by atoms with van der Waals surface area (Å²) in [4.78, 5) is 21.3. The van der Waals surface area contributed by atoms with Crippen molar-refractivity contribution in [1.29, 1.82) is 0 Å². The maximum Gasteiger partial charge on any atom is 0.270 e. The average Bonchev–Trinajstić information content (AvgIpc) is 3.01. The van der Waals surface area contributed by atoms with Gasteiger partial charge in [-0.05, 0) is 50.3 Å². The third-order valence-corrected chi connectivity index (χ3v) is 4.62. The standard InChI is InChI=1S/C18H24N4O2/c1-12-8-15(17-10-19-11-22(17)2)21-16(9-12)18(23)20-13-4-6-14(24-3)7-5-13/h8-11,13-14H,4-7H2,1-3H3,(H,20,23)/t13-,14-. The second-order valence-corrected chi connectivity index (χ2v) is 6.49. The molecule has 0 aromatic carbocycles. The highest BCUT2D eigenvalue weighted by atomic mass is 16.5. The Labute approximate surface area is 142 Å². The molecule has 2 aromatic rings. The van der Waals surface area contributed by atoms with E-state index in [0.29, 0.717) is 11.8 Å². The molecule has 1 amide bonds. The number of aromatic nitrogens is 3. The summed E-state index contributed by atoms with van der Waals surface area (Å²) in [5.41, 5.74) is 3.13. The van der Waals surface area contributed by atoms with Gasteiger partial charge in [0.05, 0.1) is 30.0 Å². The first kappa shape index (κ1) is 16.6. The Balaban J connectivity index is 1.73. The summed E-state index contributed by atoms with van der Waals surface area (Å²) in [6.07, 6.45) is 7.69. The number of carbonyl (C=O) groups excluding carboxylic acids is 1. The van der Waals surface area contributed by atoms with Crippen LogP contribution in [-0.4, -0.2) is 39.7 Å². The van der Waals surface area contributed by atoms with Crippen LogP contribution in [0.5, 0.6) is 0 Å². The van der Waals surface area contributed by atoms with Gasteiger partial charge in [0, 0.05) is 20.2 Å². The molecule has 1 fully saturated rings. The molecule has 0 spiro atoms.